The lowest BCUT2D eigenvalue weighted by Gasteiger charge is -2.35. The second-order valence-corrected chi connectivity index (χ2v) is 9.28. The van der Waals surface area contributed by atoms with Crippen LogP contribution in [0.15, 0.2) is 48.5 Å². The van der Waals surface area contributed by atoms with Crippen LogP contribution >= 0.6 is 0 Å². The lowest BCUT2D eigenvalue weighted by atomic mass is 9.87. The van der Waals surface area contributed by atoms with Gasteiger partial charge in [0.05, 0.1) is 19.3 Å². The molecule has 2 aromatic carbocycles. The Kier molecular flexibility index (Phi) is 5.92. The first-order valence-corrected chi connectivity index (χ1v) is 10.8. The van der Waals surface area contributed by atoms with Crippen molar-refractivity contribution in [3.05, 3.63) is 65.2 Å². The first kappa shape index (κ1) is 21.0. The number of ether oxygens (including phenoxy) is 2. The highest BCUT2D eigenvalue weighted by Crippen LogP contribution is 2.35. The van der Waals surface area contributed by atoms with E-state index < -0.39 is 0 Å². The summed E-state index contributed by atoms with van der Waals surface area (Å²) in [6, 6.07) is 16.4. The number of hydrogen-bond donors (Lipinski definition) is 0. The van der Waals surface area contributed by atoms with Crippen molar-refractivity contribution in [2.45, 2.75) is 57.8 Å². The average molecular weight is 403 g/mol. The summed E-state index contributed by atoms with van der Waals surface area (Å²) in [4.78, 5) is 14.5. The second-order valence-electron chi connectivity index (χ2n) is 9.28. The van der Waals surface area contributed by atoms with Crippen LogP contribution < -0.4 is 5.46 Å². The summed E-state index contributed by atoms with van der Waals surface area (Å²) in [6.45, 7) is 7.19. The molecule has 1 saturated heterocycles. The standard InChI is InChI=1S/C25H30BNO3/c1-17(22-10-6-7-11-23(22)26)29-16-21-15-27(24(28)30-21)25(2,3)14-18-12-19-8-4-5-9-20(19)13-18/h4-11,17-18,21H,12-16H2,1-3H3/t17-,21-/m1/s1. The first-order valence-electron chi connectivity index (χ1n) is 10.8. The molecule has 4 rings (SSSR count). The fourth-order valence-corrected chi connectivity index (χ4v) is 4.94. The minimum atomic E-state index is -0.259. The van der Waals surface area contributed by atoms with Gasteiger partial charge in [-0.05, 0) is 62.6 Å². The molecule has 0 saturated carbocycles. The molecule has 2 aromatic rings. The monoisotopic (exact) mass is 403 g/mol. The molecule has 1 aliphatic carbocycles. The molecule has 1 aliphatic heterocycles. The molecule has 5 heteroatoms. The van der Waals surface area contributed by atoms with E-state index in [1.165, 1.54) is 11.1 Å². The zero-order valence-corrected chi connectivity index (χ0v) is 18.1. The summed E-state index contributed by atoms with van der Waals surface area (Å²) < 4.78 is 11.6. The van der Waals surface area contributed by atoms with Gasteiger partial charge in [0, 0.05) is 5.54 Å². The number of fused-ring (bicyclic) bond motifs is 1. The summed E-state index contributed by atoms with van der Waals surface area (Å²) >= 11 is 0. The van der Waals surface area contributed by atoms with Gasteiger partial charge in [0.25, 0.3) is 0 Å². The van der Waals surface area contributed by atoms with Crippen molar-refractivity contribution in [2.75, 3.05) is 13.2 Å². The van der Waals surface area contributed by atoms with Crippen LogP contribution in [0.25, 0.3) is 0 Å². The van der Waals surface area contributed by atoms with Crippen molar-refractivity contribution in [1.29, 1.82) is 0 Å². The van der Waals surface area contributed by atoms with Crippen LogP contribution in [-0.2, 0) is 22.3 Å². The van der Waals surface area contributed by atoms with Gasteiger partial charge < -0.3 is 9.47 Å². The van der Waals surface area contributed by atoms with Crippen molar-refractivity contribution in [1.82, 2.24) is 4.90 Å². The average Bonchev–Trinajstić information content (AvgIpc) is 3.28. The van der Waals surface area contributed by atoms with Gasteiger partial charge in [-0.1, -0.05) is 54.0 Å². The number of benzene rings is 2. The van der Waals surface area contributed by atoms with Gasteiger partial charge in [0.1, 0.15) is 14.0 Å². The van der Waals surface area contributed by atoms with Gasteiger partial charge >= 0.3 is 6.09 Å². The Morgan fingerprint density at radius 2 is 1.77 bits per heavy atom. The lowest BCUT2D eigenvalue weighted by molar-refractivity contribution is 0.00699. The predicted molar refractivity (Wildman–Crippen MR) is 119 cm³/mol. The molecule has 1 fully saturated rings. The third kappa shape index (κ3) is 4.41. The molecule has 0 bridgehead atoms. The molecule has 0 aromatic heterocycles. The van der Waals surface area contributed by atoms with E-state index in [-0.39, 0.29) is 23.8 Å². The normalized spacial score (nSPS) is 20.3. The molecule has 1 amide bonds. The van der Waals surface area contributed by atoms with Crippen molar-refractivity contribution in [2.24, 2.45) is 5.92 Å². The SMILES string of the molecule is [B]c1ccccc1[C@@H](C)OC[C@H]1CN(C(C)(C)CC2Cc3ccccc3C2)C(=O)O1. The smallest absolute Gasteiger partial charge is 0.410 e. The van der Waals surface area contributed by atoms with Gasteiger partial charge in [0.2, 0.25) is 0 Å². The minimum absolute atomic E-state index is 0.149. The first-order chi connectivity index (χ1) is 14.3. The predicted octanol–water partition coefficient (Wildman–Crippen LogP) is 3.96. The van der Waals surface area contributed by atoms with E-state index in [1.54, 1.807) is 0 Å². The maximum Gasteiger partial charge on any atom is 0.410 e. The molecular formula is C25H30BNO3. The molecular weight excluding hydrogens is 373 g/mol. The Morgan fingerprint density at radius 3 is 2.43 bits per heavy atom. The lowest BCUT2D eigenvalue weighted by Crippen LogP contribution is -2.46. The van der Waals surface area contributed by atoms with Crippen LogP contribution in [0.5, 0.6) is 0 Å². The maximum absolute atomic E-state index is 12.6. The van der Waals surface area contributed by atoms with Gasteiger partial charge in [0.15, 0.2) is 0 Å². The fraction of sp³-hybridized carbons (Fsp3) is 0.480. The van der Waals surface area contributed by atoms with E-state index in [2.05, 4.69) is 38.1 Å². The van der Waals surface area contributed by atoms with Crippen LogP contribution in [0, 0.1) is 5.92 Å². The van der Waals surface area contributed by atoms with Crippen LogP contribution in [0.3, 0.4) is 0 Å². The Morgan fingerprint density at radius 1 is 1.13 bits per heavy atom. The molecule has 2 radical (unpaired) electrons. The zero-order valence-electron chi connectivity index (χ0n) is 18.1. The Labute approximate surface area is 181 Å². The van der Waals surface area contributed by atoms with Crippen LogP contribution in [0.1, 0.15) is 50.0 Å². The van der Waals surface area contributed by atoms with Gasteiger partial charge in [-0.15, -0.1) is 0 Å². The highest BCUT2D eigenvalue weighted by molar-refractivity contribution is 6.33. The Bertz CT molecular complexity index is 888. The summed E-state index contributed by atoms with van der Waals surface area (Å²) in [5.41, 5.74) is 4.31. The van der Waals surface area contributed by atoms with Crippen molar-refractivity contribution >= 4 is 19.4 Å². The van der Waals surface area contributed by atoms with E-state index in [0.29, 0.717) is 24.5 Å². The van der Waals surface area contributed by atoms with Crippen LogP contribution in [0.2, 0.25) is 0 Å². The number of nitrogens with zero attached hydrogens (tertiary/aromatic N) is 1. The number of carbonyl (C=O) groups is 1. The minimum Gasteiger partial charge on any atom is -0.442 e. The fourth-order valence-electron chi connectivity index (χ4n) is 4.94. The summed E-state index contributed by atoms with van der Waals surface area (Å²) in [6.07, 6.45) is 2.49. The number of carbonyl (C=O) groups excluding carboxylic acids is 1. The van der Waals surface area contributed by atoms with Gasteiger partial charge in [-0.2, -0.15) is 0 Å². The molecule has 30 heavy (non-hydrogen) atoms. The van der Waals surface area contributed by atoms with Gasteiger partial charge in [-0.25, -0.2) is 4.79 Å². The largest absolute Gasteiger partial charge is 0.442 e. The summed E-state index contributed by atoms with van der Waals surface area (Å²) in [5.74, 6) is 0.557. The van der Waals surface area contributed by atoms with E-state index in [9.17, 15) is 4.79 Å². The Hall–Kier alpha value is -2.27. The number of cyclic esters (lactones) is 1. The topological polar surface area (TPSA) is 38.8 Å². The highest BCUT2D eigenvalue weighted by Gasteiger charge is 2.42. The third-order valence-corrected chi connectivity index (χ3v) is 6.49. The van der Waals surface area contributed by atoms with E-state index >= 15 is 0 Å². The van der Waals surface area contributed by atoms with Crippen LogP contribution in [-0.4, -0.2) is 43.6 Å². The van der Waals surface area contributed by atoms with E-state index in [4.69, 9.17) is 17.3 Å². The molecule has 0 spiro atoms. The third-order valence-electron chi connectivity index (χ3n) is 6.49. The summed E-state index contributed by atoms with van der Waals surface area (Å²) in [5, 5.41) is 0. The van der Waals surface area contributed by atoms with Gasteiger partial charge in [-0.3, -0.25) is 4.90 Å². The van der Waals surface area contributed by atoms with E-state index in [1.807, 2.05) is 36.1 Å². The molecule has 4 nitrogen and oxygen atoms in total. The quantitative estimate of drug-likeness (QED) is 0.657. The summed E-state index contributed by atoms with van der Waals surface area (Å²) in [7, 11) is 6.04. The molecule has 2 aliphatic rings. The number of rotatable bonds is 7. The zero-order chi connectivity index (χ0) is 21.3. The molecule has 2 atom stereocenters. The number of amides is 1. The molecule has 1 heterocycles. The van der Waals surface area contributed by atoms with Crippen LogP contribution in [0.4, 0.5) is 4.79 Å². The maximum atomic E-state index is 12.6. The van der Waals surface area contributed by atoms with Crippen molar-refractivity contribution in [3.63, 3.8) is 0 Å². The molecule has 0 unspecified atom stereocenters. The second kappa shape index (κ2) is 8.47. The number of hydrogen-bond acceptors (Lipinski definition) is 3. The van der Waals surface area contributed by atoms with E-state index in [0.717, 1.165) is 24.8 Å². The molecule has 0 N–H and O–H groups in total. The van der Waals surface area contributed by atoms with Crippen molar-refractivity contribution in [3.8, 4) is 0 Å². The highest BCUT2D eigenvalue weighted by atomic mass is 16.6. The molecule has 156 valence electrons. The Balaban J connectivity index is 1.32. The van der Waals surface area contributed by atoms with Crippen molar-refractivity contribution < 1.29 is 14.3 Å².